The van der Waals surface area contributed by atoms with Crippen LogP contribution in [0.4, 0.5) is 0 Å². The van der Waals surface area contributed by atoms with Crippen molar-refractivity contribution < 1.29 is 14.1 Å². The summed E-state index contributed by atoms with van der Waals surface area (Å²) in [6, 6.07) is 9.77. The monoisotopic (exact) mass is 384 g/mol. The summed E-state index contributed by atoms with van der Waals surface area (Å²) >= 11 is 0. The molecule has 1 unspecified atom stereocenters. The van der Waals surface area contributed by atoms with Crippen molar-refractivity contribution >= 4 is 11.8 Å². The third-order valence-corrected chi connectivity index (χ3v) is 5.17. The van der Waals surface area contributed by atoms with Crippen molar-refractivity contribution in [2.75, 3.05) is 32.7 Å². The maximum absolute atomic E-state index is 13.1. The summed E-state index contributed by atoms with van der Waals surface area (Å²) in [6.07, 6.45) is 0.913. The third kappa shape index (κ3) is 4.59. The maximum atomic E-state index is 13.1. The number of nitrogens with zero attached hydrogens (tertiary/aromatic N) is 3. The molecule has 7 nitrogen and oxygen atoms in total. The van der Waals surface area contributed by atoms with Gasteiger partial charge < -0.3 is 14.7 Å². The van der Waals surface area contributed by atoms with Gasteiger partial charge in [0, 0.05) is 37.8 Å². The Hall–Kier alpha value is -2.67. The van der Waals surface area contributed by atoms with Crippen molar-refractivity contribution in [3.63, 3.8) is 0 Å². The van der Waals surface area contributed by atoms with E-state index in [0.717, 1.165) is 12.0 Å². The average molecular weight is 384 g/mol. The molecule has 7 heteroatoms. The van der Waals surface area contributed by atoms with Crippen LogP contribution in [0, 0.1) is 6.92 Å². The van der Waals surface area contributed by atoms with Crippen LogP contribution in [0.3, 0.4) is 0 Å². The van der Waals surface area contributed by atoms with E-state index < -0.39 is 0 Å². The molecule has 2 heterocycles. The normalized spacial score (nSPS) is 16.0. The SMILES string of the molecule is CCC(C)NC(=O)CN1CCN(C(=O)c2c(-c3ccccc3)noc2C)CC1. The molecule has 28 heavy (non-hydrogen) atoms. The van der Waals surface area contributed by atoms with E-state index in [1.807, 2.05) is 49.1 Å². The summed E-state index contributed by atoms with van der Waals surface area (Å²) in [7, 11) is 0. The second-order valence-electron chi connectivity index (χ2n) is 7.27. The van der Waals surface area contributed by atoms with Gasteiger partial charge in [-0.3, -0.25) is 14.5 Å². The standard InChI is InChI=1S/C21H28N4O3/c1-4-15(2)22-18(26)14-24-10-12-25(13-11-24)21(27)19-16(3)28-23-20(19)17-8-6-5-7-9-17/h5-9,15H,4,10-14H2,1-3H3,(H,22,26). The quantitative estimate of drug-likeness (QED) is 0.827. The molecule has 1 aromatic carbocycles. The van der Waals surface area contributed by atoms with E-state index in [-0.39, 0.29) is 17.9 Å². The predicted molar refractivity (Wildman–Crippen MR) is 107 cm³/mol. The maximum Gasteiger partial charge on any atom is 0.259 e. The highest BCUT2D eigenvalue weighted by molar-refractivity contribution is 6.00. The van der Waals surface area contributed by atoms with Crippen molar-refractivity contribution in [1.82, 2.24) is 20.3 Å². The fourth-order valence-electron chi connectivity index (χ4n) is 3.31. The van der Waals surface area contributed by atoms with Gasteiger partial charge in [-0.2, -0.15) is 0 Å². The zero-order valence-electron chi connectivity index (χ0n) is 16.8. The lowest BCUT2D eigenvalue weighted by molar-refractivity contribution is -0.123. The van der Waals surface area contributed by atoms with E-state index in [1.54, 1.807) is 6.92 Å². The van der Waals surface area contributed by atoms with Crippen molar-refractivity contribution in [1.29, 1.82) is 0 Å². The van der Waals surface area contributed by atoms with Gasteiger partial charge in [0.05, 0.1) is 6.54 Å². The number of hydrogen-bond acceptors (Lipinski definition) is 5. The van der Waals surface area contributed by atoms with Gasteiger partial charge in [-0.05, 0) is 20.3 Å². The first-order valence-corrected chi connectivity index (χ1v) is 9.82. The first-order valence-electron chi connectivity index (χ1n) is 9.82. The minimum atomic E-state index is -0.0682. The number of benzene rings is 1. The van der Waals surface area contributed by atoms with Gasteiger partial charge in [-0.1, -0.05) is 42.4 Å². The zero-order valence-corrected chi connectivity index (χ0v) is 16.8. The number of rotatable bonds is 6. The molecule has 3 rings (SSSR count). The molecule has 2 amide bonds. The van der Waals surface area contributed by atoms with Crippen molar-refractivity contribution in [2.24, 2.45) is 0 Å². The minimum Gasteiger partial charge on any atom is -0.360 e. The van der Waals surface area contributed by atoms with Crippen molar-refractivity contribution in [2.45, 2.75) is 33.2 Å². The van der Waals surface area contributed by atoms with Crippen molar-refractivity contribution in [3.05, 3.63) is 41.7 Å². The minimum absolute atomic E-state index is 0.0374. The lowest BCUT2D eigenvalue weighted by Gasteiger charge is -2.34. The van der Waals surface area contributed by atoms with E-state index in [9.17, 15) is 9.59 Å². The van der Waals surface area contributed by atoms with Gasteiger partial charge in [0.2, 0.25) is 5.91 Å². The fourth-order valence-corrected chi connectivity index (χ4v) is 3.31. The smallest absolute Gasteiger partial charge is 0.259 e. The van der Waals surface area contributed by atoms with Gasteiger partial charge in [0.1, 0.15) is 17.0 Å². The van der Waals surface area contributed by atoms with Crippen LogP contribution in [0.25, 0.3) is 11.3 Å². The van der Waals surface area contributed by atoms with Gasteiger partial charge in [0.25, 0.3) is 5.91 Å². The van der Waals surface area contributed by atoms with Crippen LogP contribution in [0.2, 0.25) is 0 Å². The van der Waals surface area contributed by atoms with Crippen LogP contribution in [0.1, 0.15) is 36.4 Å². The first kappa shape index (κ1) is 20.1. The number of aromatic nitrogens is 1. The van der Waals surface area contributed by atoms with Gasteiger partial charge >= 0.3 is 0 Å². The molecule has 1 saturated heterocycles. The number of carbonyl (C=O) groups excluding carboxylic acids is 2. The highest BCUT2D eigenvalue weighted by atomic mass is 16.5. The summed E-state index contributed by atoms with van der Waals surface area (Å²) in [5.41, 5.74) is 1.97. The molecule has 0 bridgehead atoms. The van der Waals surface area contributed by atoms with E-state index in [4.69, 9.17) is 4.52 Å². The van der Waals surface area contributed by atoms with E-state index >= 15 is 0 Å². The highest BCUT2D eigenvalue weighted by Crippen LogP contribution is 2.26. The number of nitrogens with one attached hydrogen (secondary N) is 1. The molecule has 0 aliphatic carbocycles. The third-order valence-electron chi connectivity index (χ3n) is 5.17. The molecule has 0 spiro atoms. The summed E-state index contributed by atoms with van der Waals surface area (Å²) < 4.78 is 5.32. The Morgan fingerprint density at radius 2 is 1.86 bits per heavy atom. The lowest BCUT2D eigenvalue weighted by atomic mass is 10.0. The molecule has 1 fully saturated rings. The lowest BCUT2D eigenvalue weighted by Crippen LogP contribution is -2.51. The van der Waals surface area contributed by atoms with Gasteiger partial charge in [-0.25, -0.2) is 0 Å². The summed E-state index contributed by atoms with van der Waals surface area (Å²) in [6.45, 7) is 8.68. The molecule has 1 aliphatic heterocycles. The van der Waals surface area contributed by atoms with Crippen molar-refractivity contribution in [3.8, 4) is 11.3 Å². The molecular weight excluding hydrogens is 356 g/mol. The number of aryl methyl sites for hydroxylation is 1. The van der Waals surface area contributed by atoms with E-state index in [1.165, 1.54) is 0 Å². The van der Waals surface area contributed by atoms with E-state index in [0.29, 0.717) is 49.7 Å². The summed E-state index contributed by atoms with van der Waals surface area (Å²) in [5, 5.41) is 7.09. The van der Waals surface area contributed by atoms with Crippen LogP contribution in [0.5, 0.6) is 0 Å². The summed E-state index contributed by atoms with van der Waals surface area (Å²) in [5.74, 6) is 0.496. The van der Waals surface area contributed by atoms with Gasteiger partial charge in [0.15, 0.2) is 0 Å². The second kappa shape index (κ2) is 9.01. The molecule has 1 atom stereocenters. The van der Waals surface area contributed by atoms with Crippen LogP contribution in [-0.4, -0.2) is 65.5 Å². The fraction of sp³-hybridized carbons (Fsp3) is 0.476. The summed E-state index contributed by atoms with van der Waals surface area (Å²) in [4.78, 5) is 29.1. The zero-order chi connectivity index (χ0) is 20.1. The topological polar surface area (TPSA) is 78.7 Å². The average Bonchev–Trinajstić information content (AvgIpc) is 3.10. The van der Waals surface area contributed by atoms with Gasteiger partial charge in [-0.15, -0.1) is 0 Å². The molecule has 1 N–H and O–H groups in total. The second-order valence-corrected chi connectivity index (χ2v) is 7.27. The predicted octanol–water partition coefficient (Wildman–Crippen LogP) is 2.32. The molecule has 1 aromatic heterocycles. The Morgan fingerprint density at radius 1 is 1.18 bits per heavy atom. The Labute approximate surface area is 165 Å². The van der Waals surface area contributed by atoms with Crippen LogP contribution >= 0.6 is 0 Å². The molecular formula is C21H28N4O3. The Kier molecular flexibility index (Phi) is 6.46. The molecule has 1 aliphatic rings. The molecule has 0 saturated carbocycles. The molecule has 0 radical (unpaired) electrons. The van der Waals surface area contributed by atoms with Crippen LogP contribution < -0.4 is 5.32 Å². The first-order chi connectivity index (χ1) is 13.5. The number of amides is 2. The number of carbonyl (C=O) groups is 2. The number of piperazine rings is 1. The van der Waals surface area contributed by atoms with Crippen LogP contribution in [-0.2, 0) is 4.79 Å². The number of hydrogen-bond donors (Lipinski definition) is 1. The Balaban J connectivity index is 1.62. The Bertz CT molecular complexity index is 810. The molecule has 2 aromatic rings. The van der Waals surface area contributed by atoms with Crippen LogP contribution in [0.15, 0.2) is 34.9 Å². The molecule has 150 valence electrons. The Morgan fingerprint density at radius 3 is 2.50 bits per heavy atom. The highest BCUT2D eigenvalue weighted by Gasteiger charge is 2.29. The van der Waals surface area contributed by atoms with E-state index in [2.05, 4.69) is 15.4 Å². The largest absolute Gasteiger partial charge is 0.360 e.